The second-order valence-electron chi connectivity index (χ2n) is 8.11. The molecule has 0 N–H and O–H groups in total. The summed E-state index contributed by atoms with van der Waals surface area (Å²) in [6, 6.07) is 27.9. The van der Waals surface area contributed by atoms with E-state index in [4.69, 9.17) is 4.42 Å². The van der Waals surface area contributed by atoms with Crippen LogP contribution in [0.3, 0.4) is 0 Å². The fourth-order valence-electron chi connectivity index (χ4n) is 3.91. The highest BCUT2D eigenvalue weighted by atomic mass is 79.9. The molecule has 0 saturated carbocycles. The second-order valence-corrected chi connectivity index (χ2v) is 9.03. The summed E-state index contributed by atoms with van der Waals surface area (Å²) in [5.41, 5.74) is 6.62. The standard InChI is InChI=1S/C29H22BrNO2/c1-19-8-13-25(16-20(19)2)31-27(21-6-4-3-5-7-21)18-23(29(31)32)17-26-14-15-28(33-26)22-9-11-24(30)12-10-22/h3-18H,1-2H3/b23-17+. The first-order chi connectivity index (χ1) is 16.0. The first kappa shape index (κ1) is 21.2. The molecule has 1 amide bonds. The van der Waals surface area contributed by atoms with Gasteiger partial charge in [0.15, 0.2) is 0 Å². The summed E-state index contributed by atoms with van der Waals surface area (Å²) in [6.45, 7) is 4.14. The Morgan fingerprint density at radius 1 is 0.818 bits per heavy atom. The zero-order valence-corrected chi connectivity index (χ0v) is 20.0. The van der Waals surface area contributed by atoms with Crippen LogP contribution in [-0.2, 0) is 4.79 Å². The summed E-state index contributed by atoms with van der Waals surface area (Å²) in [7, 11) is 0. The van der Waals surface area contributed by atoms with Gasteiger partial charge in [-0.05, 0) is 79.1 Å². The lowest BCUT2D eigenvalue weighted by molar-refractivity contribution is -0.113. The maximum Gasteiger partial charge on any atom is 0.263 e. The zero-order valence-electron chi connectivity index (χ0n) is 18.4. The van der Waals surface area contributed by atoms with Crippen molar-refractivity contribution in [1.82, 2.24) is 0 Å². The van der Waals surface area contributed by atoms with E-state index in [0.717, 1.165) is 38.3 Å². The van der Waals surface area contributed by atoms with Crippen molar-refractivity contribution in [2.45, 2.75) is 13.8 Å². The summed E-state index contributed by atoms with van der Waals surface area (Å²) in [6.07, 6.45) is 3.75. The normalized spacial score (nSPS) is 14.8. The molecule has 0 aliphatic carbocycles. The number of nitrogens with zero attached hydrogens (tertiary/aromatic N) is 1. The van der Waals surface area contributed by atoms with Crippen molar-refractivity contribution >= 4 is 39.3 Å². The highest BCUT2D eigenvalue weighted by Crippen LogP contribution is 2.36. The van der Waals surface area contributed by atoms with Crippen molar-refractivity contribution in [2.75, 3.05) is 4.90 Å². The molecule has 0 fully saturated rings. The zero-order chi connectivity index (χ0) is 22.9. The van der Waals surface area contributed by atoms with E-state index in [2.05, 4.69) is 41.9 Å². The molecule has 2 heterocycles. The van der Waals surface area contributed by atoms with Gasteiger partial charge in [-0.1, -0.05) is 64.5 Å². The smallest absolute Gasteiger partial charge is 0.263 e. The van der Waals surface area contributed by atoms with Gasteiger partial charge in [-0.15, -0.1) is 0 Å². The van der Waals surface area contributed by atoms with Crippen LogP contribution in [0.4, 0.5) is 5.69 Å². The van der Waals surface area contributed by atoms with Crippen molar-refractivity contribution in [2.24, 2.45) is 0 Å². The maximum absolute atomic E-state index is 13.6. The average molecular weight is 496 g/mol. The Kier molecular flexibility index (Phi) is 5.61. The minimum Gasteiger partial charge on any atom is -0.457 e. The lowest BCUT2D eigenvalue weighted by Crippen LogP contribution is -2.25. The number of carbonyl (C=O) groups excluding carboxylic acids is 1. The van der Waals surface area contributed by atoms with Crippen LogP contribution in [0.25, 0.3) is 23.1 Å². The van der Waals surface area contributed by atoms with E-state index in [1.54, 1.807) is 4.90 Å². The third-order valence-corrected chi connectivity index (χ3v) is 6.38. The van der Waals surface area contributed by atoms with Crippen LogP contribution in [0.1, 0.15) is 22.5 Å². The predicted octanol–water partition coefficient (Wildman–Crippen LogP) is 7.80. The highest BCUT2D eigenvalue weighted by molar-refractivity contribution is 9.10. The molecule has 4 aromatic rings. The van der Waals surface area contributed by atoms with Crippen LogP contribution in [0.2, 0.25) is 0 Å². The molecular formula is C29H22BrNO2. The van der Waals surface area contributed by atoms with Crippen LogP contribution >= 0.6 is 15.9 Å². The lowest BCUT2D eigenvalue weighted by atomic mass is 10.1. The third kappa shape index (κ3) is 4.22. The van der Waals surface area contributed by atoms with E-state index < -0.39 is 0 Å². The van der Waals surface area contributed by atoms with Gasteiger partial charge in [-0.2, -0.15) is 0 Å². The molecule has 0 bridgehead atoms. The molecule has 33 heavy (non-hydrogen) atoms. The summed E-state index contributed by atoms with van der Waals surface area (Å²) < 4.78 is 7.06. The third-order valence-electron chi connectivity index (χ3n) is 5.85. The van der Waals surface area contributed by atoms with Crippen molar-refractivity contribution < 1.29 is 9.21 Å². The molecule has 0 unspecified atom stereocenters. The molecule has 1 aromatic heterocycles. The number of anilines is 1. The number of aryl methyl sites for hydroxylation is 2. The molecule has 5 rings (SSSR count). The summed E-state index contributed by atoms with van der Waals surface area (Å²) in [4.78, 5) is 15.3. The van der Waals surface area contributed by atoms with E-state index in [-0.39, 0.29) is 5.91 Å². The average Bonchev–Trinajstić information content (AvgIpc) is 3.42. The van der Waals surface area contributed by atoms with Crippen LogP contribution in [0.5, 0.6) is 0 Å². The minimum absolute atomic E-state index is 0.0707. The van der Waals surface area contributed by atoms with Crippen LogP contribution in [-0.4, -0.2) is 5.91 Å². The minimum atomic E-state index is -0.0707. The molecule has 4 heteroatoms. The highest BCUT2D eigenvalue weighted by Gasteiger charge is 2.30. The van der Waals surface area contributed by atoms with Crippen molar-refractivity contribution in [1.29, 1.82) is 0 Å². The fourth-order valence-corrected chi connectivity index (χ4v) is 4.18. The Balaban J connectivity index is 1.55. The van der Waals surface area contributed by atoms with Crippen molar-refractivity contribution in [3.05, 3.63) is 124 Å². The molecule has 1 aliphatic heterocycles. The Hall–Kier alpha value is -3.63. The number of hydrogen-bond donors (Lipinski definition) is 0. The number of hydrogen-bond acceptors (Lipinski definition) is 2. The van der Waals surface area contributed by atoms with Gasteiger partial charge in [0.1, 0.15) is 11.5 Å². The van der Waals surface area contributed by atoms with Gasteiger partial charge < -0.3 is 4.42 Å². The number of halogens is 1. The van der Waals surface area contributed by atoms with Crippen LogP contribution < -0.4 is 4.90 Å². The first-order valence-corrected chi connectivity index (χ1v) is 11.6. The van der Waals surface area contributed by atoms with Gasteiger partial charge >= 0.3 is 0 Å². The predicted molar refractivity (Wildman–Crippen MR) is 138 cm³/mol. The largest absolute Gasteiger partial charge is 0.457 e. The van der Waals surface area contributed by atoms with Crippen LogP contribution in [0.15, 0.2) is 105 Å². The number of amides is 1. The molecule has 162 valence electrons. The number of carbonyl (C=O) groups is 1. The van der Waals surface area contributed by atoms with E-state index in [9.17, 15) is 4.79 Å². The van der Waals surface area contributed by atoms with Gasteiger partial charge in [-0.3, -0.25) is 9.69 Å². The summed E-state index contributed by atoms with van der Waals surface area (Å²) in [5.74, 6) is 1.33. The number of rotatable bonds is 4. The fraction of sp³-hybridized carbons (Fsp3) is 0.0690. The Bertz CT molecular complexity index is 1400. The van der Waals surface area contributed by atoms with Gasteiger partial charge in [0, 0.05) is 21.3 Å². The molecule has 0 saturated heterocycles. The quantitative estimate of drug-likeness (QED) is 0.270. The molecular weight excluding hydrogens is 474 g/mol. The topological polar surface area (TPSA) is 33.5 Å². The lowest BCUT2D eigenvalue weighted by Gasteiger charge is -2.21. The molecule has 0 radical (unpaired) electrons. The van der Waals surface area contributed by atoms with Gasteiger partial charge in [-0.25, -0.2) is 0 Å². The molecule has 0 spiro atoms. The summed E-state index contributed by atoms with van der Waals surface area (Å²) >= 11 is 3.46. The molecule has 0 atom stereocenters. The van der Waals surface area contributed by atoms with E-state index in [1.165, 1.54) is 5.56 Å². The number of benzene rings is 3. The molecule has 1 aliphatic rings. The second kappa shape index (κ2) is 8.72. The van der Waals surface area contributed by atoms with Gasteiger partial charge in [0.25, 0.3) is 5.91 Å². The maximum atomic E-state index is 13.6. The van der Waals surface area contributed by atoms with Crippen molar-refractivity contribution in [3.63, 3.8) is 0 Å². The monoisotopic (exact) mass is 495 g/mol. The van der Waals surface area contributed by atoms with E-state index in [0.29, 0.717) is 11.3 Å². The number of furan rings is 1. The van der Waals surface area contributed by atoms with Crippen molar-refractivity contribution in [3.8, 4) is 11.3 Å². The van der Waals surface area contributed by atoms with E-state index in [1.807, 2.05) is 84.9 Å². The first-order valence-electron chi connectivity index (χ1n) is 10.8. The SMILES string of the molecule is Cc1ccc(N2C(=O)/C(=C/c3ccc(-c4ccc(Br)cc4)o3)C=C2c2ccccc2)cc1C. The Morgan fingerprint density at radius 3 is 2.30 bits per heavy atom. The Labute approximate surface area is 201 Å². The summed E-state index contributed by atoms with van der Waals surface area (Å²) in [5, 5.41) is 0. The molecule has 3 nitrogen and oxygen atoms in total. The van der Waals surface area contributed by atoms with Gasteiger partial charge in [0.05, 0.1) is 5.70 Å². The molecule has 3 aromatic carbocycles. The van der Waals surface area contributed by atoms with E-state index >= 15 is 0 Å². The van der Waals surface area contributed by atoms with Crippen LogP contribution in [0, 0.1) is 13.8 Å². The Morgan fingerprint density at radius 2 is 1.58 bits per heavy atom. The van der Waals surface area contributed by atoms with Gasteiger partial charge in [0.2, 0.25) is 0 Å².